The Balaban J connectivity index is 1.69. The molecular weight excluding hydrogens is 344 g/mol. The van der Waals surface area contributed by atoms with Crippen molar-refractivity contribution >= 4 is 11.6 Å². The van der Waals surface area contributed by atoms with Crippen LogP contribution in [0.15, 0.2) is 36.0 Å². The van der Waals surface area contributed by atoms with E-state index in [-0.39, 0.29) is 5.78 Å². The van der Waals surface area contributed by atoms with Gasteiger partial charge >= 0.3 is 0 Å². The summed E-state index contributed by atoms with van der Waals surface area (Å²) in [7, 11) is 0. The maximum Gasteiger partial charge on any atom is 0.155 e. The van der Waals surface area contributed by atoms with Crippen molar-refractivity contribution in [3.63, 3.8) is 0 Å². The van der Waals surface area contributed by atoms with E-state index in [2.05, 4.69) is 32.1 Å². The smallest absolute Gasteiger partial charge is 0.155 e. The fourth-order valence-corrected chi connectivity index (χ4v) is 7.64. The second-order valence-electron chi connectivity index (χ2n) is 9.96. The zero-order valence-electron chi connectivity index (χ0n) is 17.8. The second kappa shape index (κ2) is 7.76. The van der Waals surface area contributed by atoms with E-state index in [1.807, 2.05) is 12.2 Å². The number of rotatable bonds is 5. The molecule has 4 aliphatic carbocycles. The Morgan fingerprint density at radius 2 is 2.11 bits per heavy atom. The van der Waals surface area contributed by atoms with Crippen LogP contribution in [0.5, 0.6) is 0 Å². The lowest BCUT2D eigenvalue weighted by atomic mass is 9.49. The second-order valence-corrected chi connectivity index (χ2v) is 9.96. The number of ketones is 2. The van der Waals surface area contributed by atoms with Gasteiger partial charge in [-0.2, -0.15) is 0 Å². The molecule has 4 aliphatic rings. The van der Waals surface area contributed by atoms with Gasteiger partial charge in [0.15, 0.2) is 11.6 Å². The summed E-state index contributed by atoms with van der Waals surface area (Å²) >= 11 is 0. The van der Waals surface area contributed by atoms with Crippen molar-refractivity contribution in [2.45, 2.75) is 72.1 Å². The third kappa shape index (κ3) is 3.17. The van der Waals surface area contributed by atoms with Crippen molar-refractivity contribution in [2.24, 2.45) is 40.9 Å². The standard InChI is InChI=1S/C26H36O2/c1-4-5-17(2)26-15-14-23-22-12-10-21(28)16-19(22)7-11-24(23)25(26)13-9-20(26)8-6-18(3)27/h6-8,11,16-17,20,22-25H,4-5,9-10,12-15H2,1-3H3/b8-6-/t17-,20-,22?,23?,24?,25?,26?/m1/s1. The highest BCUT2D eigenvalue weighted by atomic mass is 16.1. The summed E-state index contributed by atoms with van der Waals surface area (Å²) in [4.78, 5) is 23.5. The van der Waals surface area contributed by atoms with Gasteiger partial charge in [0.1, 0.15) is 0 Å². The van der Waals surface area contributed by atoms with Crippen molar-refractivity contribution in [1.29, 1.82) is 0 Å². The maximum atomic E-state index is 11.9. The Labute approximate surface area is 170 Å². The zero-order valence-corrected chi connectivity index (χ0v) is 17.8. The van der Waals surface area contributed by atoms with E-state index < -0.39 is 0 Å². The number of hydrogen-bond donors (Lipinski definition) is 0. The molecular formula is C26H36O2. The molecule has 0 aromatic carbocycles. The largest absolute Gasteiger partial charge is 0.295 e. The Morgan fingerprint density at radius 1 is 1.29 bits per heavy atom. The number of hydrogen-bond acceptors (Lipinski definition) is 2. The van der Waals surface area contributed by atoms with Crippen LogP contribution < -0.4 is 0 Å². The molecule has 2 heteroatoms. The van der Waals surface area contributed by atoms with Gasteiger partial charge in [-0.3, -0.25) is 9.59 Å². The number of allylic oxidation sites excluding steroid dienone is 6. The predicted octanol–water partition coefficient (Wildman–Crippen LogP) is 6.08. The highest BCUT2D eigenvalue weighted by molar-refractivity contribution is 5.92. The Hall–Kier alpha value is -1.44. The number of carbonyl (C=O) groups is 2. The van der Waals surface area contributed by atoms with Crippen LogP contribution in [0.1, 0.15) is 72.1 Å². The quantitative estimate of drug-likeness (QED) is 0.541. The molecule has 0 aliphatic heterocycles. The van der Waals surface area contributed by atoms with E-state index in [0.717, 1.165) is 18.8 Å². The first-order valence-electron chi connectivity index (χ1n) is 11.6. The molecule has 0 N–H and O–H groups in total. The predicted molar refractivity (Wildman–Crippen MR) is 114 cm³/mol. The van der Waals surface area contributed by atoms with Crippen molar-refractivity contribution in [1.82, 2.24) is 0 Å². The molecule has 0 aromatic heterocycles. The third-order valence-electron chi connectivity index (χ3n) is 8.73. The van der Waals surface area contributed by atoms with Crippen LogP contribution in [0.3, 0.4) is 0 Å². The van der Waals surface area contributed by atoms with Crippen LogP contribution in [0.25, 0.3) is 0 Å². The Morgan fingerprint density at radius 3 is 2.86 bits per heavy atom. The van der Waals surface area contributed by atoms with Gasteiger partial charge in [-0.1, -0.05) is 44.9 Å². The van der Waals surface area contributed by atoms with Crippen molar-refractivity contribution in [2.75, 3.05) is 0 Å². The Kier molecular flexibility index (Phi) is 5.51. The van der Waals surface area contributed by atoms with Crippen LogP contribution >= 0.6 is 0 Å². The van der Waals surface area contributed by atoms with E-state index >= 15 is 0 Å². The average Bonchev–Trinajstić information content (AvgIpc) is 3.06. The van der Waals surface area contributed by atoms with Crippen molar-refractivity contribution < 1.29 is 9.59 Å². The molecule has 0 aromatic rings. The monoisotopic (exact) mass is 380 g/mol. The van der Waals surface area contributed by atoms with Gasteiger partial charge in [0.05, 0.1) is 0 Å². The Bertz CT molecular complexity index is 727. The number of fused-ring (bicyclic) bond motifs is 5. The maximum absolute atomic E-state index is 11.9. The van der Waals surface area contributed by atoms with Gasteiger partial charge in [0.2, 0.25) is 0 Å². The molecule has 4 rings (SSSR count). The molecule has 7 atom stereocenters. The minimum absolute atomic E-state index is 0.176. The highest BCUT2D eigenvalue weighted by Gasteiger charge is 2.58. The van der Waals surface area contributed by atoms with Gasteiger partial charge in [-0.15, -0.1) is 0 Å². The summed E-state index contributed by atoms with van der Waals surface area (Å²) < 4.78 is 0. The summed E-state index contributed by atoms with van der Waals surface area (Å²) in [5.74, 6) is 4.42. The molecule has 0 bridgehead atoms. The molecule has 0 saturated heterocycles. The van der Waals surface area contributed by atoms with Gasteiger partial charge in [0.25, 0.3) is 0 Å². The van der Waals surface area contributed by atoms with Gasteiger partial charge in [-0.05, 0) is 97.7 Å². The summed E-state index contributed by atoms with van der Waals surface area (Å²) in [5, 5.41) is 0. The molecule has 2 nitrogen and oxygen atoms in total. The van der Waals surface area contributed by atoms with Crippen LogP contribution in [-0.4, -0.2) is 11.6 Å². The molecule has 0 radical (unpaired) electrons. The SMILES string of the molecule is CCC[C@@H](C)C12CCC3C4CCC(=O)C=C4C=CC3C1CC[C@H]2/C=C\C(C)=O. The van der Waals surface area contributed by atoms with E-state index in [1.165, 1.54) is 44.1 Å². The lowest BCUT2D eigenvalue weighted by molar-refractivity contribution is -0.116. The summed E-state index contributed by atoms with van der Waals surface area (Å²) in [6, 6.07) is 0. The van der Waals surface area contributed by atoms with E-state index in [4.69, 9.17) is 0 Å². The first-order valence-corrected chi connectivity index (χ1v) is 11.6. The van der Waals surface area contributed by atoms with Crippen LogP contribution in [0.2, 0.25) is 0 Å². The first kappa shape index (κ1) is 19.9. The molecule has 0 heterocycles. The van der Waals surface area contributed by atoms with Gasteiger partial charge < -0.3 is 0 Å². The van der Waals surface area contributed by atoms with Gasteiger partial charge in [0, 0.05) is 6.42 Å². The van der Waals surface area contributed by atoms with Crippen LogP contribution in [0.4, 0.5) is 0 Å². The molecule has 0 amide bonds. The fourth-order valence-electron chi connectivity index (χ4n) is 7.64. The van der Waals surface area contributed by atoms with E-state index in [0.29, 0.717) is 40.8 Å². The summed E-state index contributed by atoms with van der Waals surface area (Å²) in [5.41, 5.74) is 1.65. The zero-order chi connectivity index (χ0) is 19.9. The van der Waals surface area contributed by atoms with Gasteiger partial charge in [-0.25, -0.2) is 0 Å². The molecule has 5 unspecified atom stereocenters. The normalized spacial score (nSPS) is 40.6. The molecule has 2 fully saturated rings. The topological polar surface area (TPSA) is 34.1 Å². The third-order valence-corrected chi connectivity index (χ3v) is 8.73. The highest BCUT2D eigenvalue weighted by Crippen LogP contribution is 2.66. The summed E-state index contributed by atoms with van der Waals surface area (Å²) in [6.45, 7) is 6.46. The molecule has 0 spiro atoms. The molecule has 28 heavy (non-hydrogen) atoms. The lowest BCUT2D eigenvalue weighted by Crippen LogP contribution is -2.49. The lowest BCUT2D eigenvalue weighted by Gasteiger charge is -2.55. The minimum atomic E-state index is 0.176. The van der Waals surface area contributed by atoms with Crippen molar-refractivity contribution in [3.8, 4) is 0 Å². The molecule has 152 valence electrons. The minimum Gasteiger partial charge on any atom is -0.295 e. The summed E-state index contributed by atoms with van der Waals surface area (Å²) in [6.07, 6.45) is 20.2. The van der Waals surface area contributed by atoms with Crippen LogP contribution in [-0.2, 0) is 9.59 Å². The molecule has 2 saturated carbocycles. The first-order chi connectivity index (χ1) is 13.5. The van der Waals surface area contributed by atoms with E-state index in [9.17, 15) is 9.59 Å². The van der Waals surface area contributed by atoms with Crippen LogP contribution in [0, 0.1) is 40.9 Å². The number of carbonyl (C=O) groups excluding carboxylic acids is 2. The fraction of sp³-hybridized carbons (Fsp3) is 0.692. The average molecular weight is 381 g/mol. The van der Waals surface area contributed by atoms with Crippen molar-refractivity contribution in [3.05, 3.63) is 36.0 Å². The van der Waals surface area contributed by atoms with E-state index in [1.54, 1.807) is 6.92 Å².